The quantitative estimate of drug-likeness (QED) is 0.147. The van der Waals surface area contributed by atoms with Gasteiger partial charge in [0.15, 0.2) is 0 Å². The molecule has 0 spiro atoms. The molecule has 1 nitrogen and oxygen atoms in total. The minimum atomic E-state index is -0.381. The van der Waals surface area contributed by atoms with Gasteiger partial charge in [-0.2, -0.15) is 0 Å². The lowest BCUT2D eigenvalue weighted by molar-refractivity contribution is 0.714. The van der Waals surface area contributed by atoms with Crippen molar-refractivity contribution in [1.29, 1.82) is 0 Å². The maximum absolute atomic E-state index is 2.50. The highest BCUT2D eigenvalue weighted by Crippen LogP contribution is 2.57. The lowest BCUT2D eigenvalue weighted by atomic mass is 9.73. The van der Waals surface area contributed by atoms with E-state index in [2.05, 4.69) is 242 Å². The number of nitrogens with zero attached hydrogens (tertiary/aromatic N) is 1. The molecule has 11 rings (SSSR count). The molecule has 1 aliphatic carbocycles. The molecular weight excluding hydrogens is 711 g/mol. The highest BCUT2D eigenvalue weighted by Gasteiger charge is 2.43. The van der Waals surface area contributed by atoms with Gasteiger partial charge in [0.25, 0.3) is 0 Å². The third-order valence-corrected chi connectivity index (χ3v) is 12.5. The summed E-state index contributed by atoms with van der Waals surface area (Å²) in [6.07, 6.45) is 0. The fraction of sp³-hybridized carbons (Fsp3) is 0.0345. The third kappa shape index (κ3) is 5.54. The van der Waals surface area contributed by atoms with Crippen molar-refractivity contribution in [3.63, 3.8) is 0 Å². The maximum atomic E-state index is 2.50. The van der Waals surface area contributed by atoms with Gasteiger partial charge >= 0.3 is 0 Å². The van der Waals surface area contributed by atoms with E-state index in [1.807, 2.05) is 0 Å². The van der Waals surface area contributed by atoms with Crippen LogP contribution in [0.25, 0.3) is 66.1 Å². The van der Waals surface area contributed by atoms with E-state index in [9.17, 15) is 0 Å². The Morgan fingerprint density at radius 2 is 0.847 bits per heavy atom. The summed E-state index contributed by atoms with van der Waals surface area (Å²) < 4.78 is 0. The summed E-state index contributed by atoms with van der Waals surface area (Å²) in [6, 6.07) is 84.5. The topological polar surface area (TPSA) is 3.24 Å². The molecule has 0 N–H and O–H groups in total. The summed E-state index contributed by atoms with van der Waals surface area (Å²) in [7, 11) is 0. The van der Waals surface area contributed by atoms with E-state index in [1.165, 1.54) is 88.4 Å². The Labute approximate surface area is 346 Å². The van der Waals surface area contributed by atoms with E-state index in [0.29, 0.717) is 0 Å². The van der Waals surface area contributed by atoms with Crippen molar-refractivity contribution in [2.24, 2.45) is 0 Å². The van der Waals surface area contributed by atoms with Crippen LogP contribution in [0.1, 0.15) is 23.6 Å². The van der Waals surface area contributed by atoms with Gasteiger partial charge in [0, 0.05) is 16.7 Å². The summed E-state index contributed by atoms with van der Waals surface area (Å²) in [5.74, 6) is 0. The lowest BCUT2D eigenvalue weighted by Crippen LogP contribution is -2.25. The number of benzene rings is 10. The Balaban J connectivity index is 1.19. The number of anilines is 3. The molecule has 59 heavy (non-hydrogen) atoms. The maximum Gasteiger partial charge on any atom is 0.0540 e. The largest absolute Gasteiger partial charge is 0.310 e. The standard InChI is InChI=1S/C58H41N/c1-58(43-25-10-4-11-26-43)52-34-18-16-31-48(52)50-33-20-36-54(57(50)58)59(44-27-12-5-13-28-44)53-35-19-17-29-45(53)42-37-38-47-46-30-14-15-32-49(46)55(40-21-6-2-7-22-40)56(51(47)39-42)41-23-8-3-9-24-41/h2-39H,1H3. The summed E-state index contributed by atoms with van der Waals surface area (Å²) in [4.78, 5) is 2.50. The second kappa shape index (κ2) is 14.2. The van der Waals surface area contributed by atoms with Crippen LogP contribution >= 0.6 is 0 Å². The van der Waals surface area contributed by atoms with Crippen LogP contribution in [0.3, 0.4) is 0 Å². The Morgan fingerprint density at radius 1 is 0.339 bits per heavy atom. The molecule has 0 bridgehead atoms. The molecule has 10 aromatic rings. The van der Waals surface area contributed by atoms with Crippen molar-refractivity contribution in [3.8, 4) is 44.5 Å². The first-order chi connectivity index (χ1) is 29.2. The van der Waals surface area contributed by atoms with Crippen LogP contribution in [0.2, 0.25) is 0 Å². The van der Waals surface area contributed by atoms with Crippen LogP contribution in [0.5, 0.6) is 0 Å². The third-order valence-electron chi connectivity index (χ3n) is 12.5. The number of para-hydroxylation sites is 2. The van der Waals surface area contributed by atoms with Gasteiger partial charge in [0.05, 0.1) is 11.4 Å². The molecule has 1 heteroatoms. The van der Waals surface area contributed by atoms with E-state index < -0.39 is 0 Å². The Kier molecular flexibility index (Phi) is 8.34. The predicted molar refractivity (Wildman–Crippen MR) is 250 cm³/mol. The minimum Gasteiger partial charge on any atom is -0.310 e. The molecule has 0 saturated carbocycles. The average Bonchev–Trinajstić information content (AvgIpc) is 3.59. The first-order valence-corrected chi connectivity index (χ1v) is 20.5. The second-order valence-corrected chi connectivity index (χ2v) is 15.7. The van der Waals surface area contributed by atoms with Crippen molar-refractivity contribution in [3.05, 3.63) is 247 Å². The molecular formula is C58H41N. The predicted octanol–water partition coefficient (Wildman–Crippen LogP) is 15.8. The van der Waals surface area contributed by atoms with E-state index in [4.69, 9.17) is 0 Å². The fourth-order valence-corrected chi connectivity index (χ4v) is 9.90. The van der Waals surface area contributed by atoms with Crippen molar-refractivity contribution in [1.82, 2.24) is 0 Å². The average molecular weight is 752 g/mol. The minimum absolute atomic E-state index is 0.381. The molecule has 1 unspecified atom stereocenters. The van der Waals surface area contributed by atoms with E-state index >= 15 is 0 Å². The van der Waals surface area contributed by atoms with Gasteiger partial charge in [0.1, 0.15) is 0 Å². The molecule has 0 radical (unpaired) electrons. The summed E-state index contributed by atoms with van der Waals surface area (Å²) in [5, 5.41) is 5.00. The van der Waals surface area contributed by atoms with Crippen molar-refractivity contribution >= 4 is 38.6 Å². The first-order valence-electron chi connectivity index (χ1n) is 20.5. The zero-order valence-corrected chi connectivity index (χ0v) is 32.9. The van der Waals surface area contributed by atoms with E-state index in [-0.39, 0.29) is 5.41 Å². The Morgan fingerprint density at radius 3 is 1.56 bits per heavy atom. The van der Waals surface area contributed by atoms with Crippen LogP contribution in [0.15, 0.2) is 231 Å². The number of hydrogen-bond donors (Lipinski definition) is 0. The number of fused-ring (bicyclic) bond motifs is 6. The Hall–Kier alpha value is -7.48. The molecule has 1 atom stereocenters. The van der Waals surface area contributed by atoms with Gasteiger partial charge in [-0.1, -0.05) is 200 Å². The van der Waals surface area contributed by atoms with E-state index in [1.54, 1.807) is 0 Å². The fourth-order valence-electron chi connectivity index (χ4n) is 9.90. The molecule has 0 saturated heterocycles. The highest BCUT2D eigenvalue weighted by molar-refractivity contribution is 6.22. The van der Waals surface area contributed by atoms with Crippen LogP contribution < -0.4 is 4.90 Å². The van der Waals surface area contributed by atoms with Gasteiger partial charge in [-0.05, 0) is 114 Å². The zero-order valence-electron chi connectivity index (χ0n) is 32.9. The molecule has 0 aliphatic heterocycles. The van der Waals surface area contributed by atoms with Gasteiger partial charge in [-0.25, -0.2) is 0 Å². The first kappa shape index (κ1) is 34.7. The number of rotatable bonds is 7. The molecule has 278 valence electrons. The van der Waals surface area contributed by atoms with Crippen LogP contribution in [0, 0.1) is 0 Å². The summed E-state index contributed by atoms with van der Waals surface area (Å²) in [6.45, 7) is 2.41. The normalized spacial score (nSPS) is 14.3. The second-order valence-electron chi connectivity index (χ2n) is 15.7. The van der Waals surface area contributed by atoms with Crippen LogP contribution in [-0.4, -0.2) is 0 Å². The molecule has 0 heterocycles. The number of hydrogen-bond acceptors (Lipinski definition) is 1. The van der Waals surface area contributed by atoms with Crippen molar-refractivity contribution in [2.45, 2.75) is 12.3 Å². The lowest BCUT2D eigenvalue weighted by Gasteiger charge is -2.35. The molecule has 10 aromatic carbocycles. The van der Waals surface area contributed by atoms with Gasteiger partial charge < -0.3 is 4.90 Å². The monoisotopic (exact) mass is 751 g/mol. The van der Waals surface area contributed by atoms with Crippen LogP contribution in [-0.2, 0) is 5.41 Å². The Bertz CT molecular complexity index is 3150. The summed E-state index contributed by atoms with van der Waals surface area (Å²) >= 11 is 0. The SMILES string of the molecule is CC1(c2ccccc2)c2ccccc2-c2cccc(N(c3ccccc3)c3ccccc3-c3ccc4c(c3)c(-c3ccccc3)c(-c3ccccc3)c3ccccc34)c21. The van der Waals surface area contributed by atoms with Crippen molar-refractivity contribution < 1.29 is 0 Å². The molecule has 0 amide bonds. The van der Waals surface area contributed by atoms with Gasteiger partial charge in [-0.15, -0.1) is 0 Å². The van der Waals surface area contributed by atoms with Crippen molar-refractivity contribution in [2.75, 3.05) is 4.90 Å². The molecule has 0 fully saturated rings. The zero-order chi connectivity index (χ0) is 39.3. The van der Waals surface area contributed by atoms with Gasteiger partial charge in [0.2, 0.25) is 0 Å². The summed E-state index contributed by atoms with van der Waals surface area (Å²) in [5.41, 5.74) is 16.8. The molecule has 1 aliphatic rings. The van der Waals surface area contributed by atoms with Crippen LogP contribution in [0.4, 0.5) is 17.1 Å². The molecule has 0 aromatic heterocycles. The van der Waals surface area contributed by atoms with E-state index in [0.717, 1.165) is 11.4 Å². The smallest absolute Gasteiger partial charge is 0.0540 e. The highest BCUT2D eigenvalue weighted by atomic mass is 15.1. The van der Waals surface area contributed by atoms with Gasteiger partial charge in [-0.3, -0.25) is 0 Å².